The third kappa shape index (κ3) is 3.85. The van der Waals surface area contributed by atoms with Crippen molar-refractivity contribution in [1.29, 1.82) is 0 Å². The lowest BCUT2D eigenvalue weighted by Gasteiger charge is -2.14. The van der Waals surface area contributed by atoms with Gasteiger partial charge in [-0.3, -0.25) is 4.98 Å². The summed E-state index contributed by atoms with van der Waals surface area (Å²) in [5, 5.41) is 3.13. The van der Waals surface area contributed by atoms with Crippen LogP contribution < -0.4 is 5.32 Å². The zero-order chi connectivity index (χ0) is 12.9. The second-order valence-electron chi connectivity index (χ2n) is 3.64. The smallest absolute Gasteiger partial charge is 0.305 e. The van der Waals surface area contributed by atoms with E-state index < -0.39 is 11.7 Å². The zero-order valence-corrected chi connectivity index (χ0v) is 9.59. The van der Waals surface area contributed by atoms with Crippen molar-refractivity contribution in [3.05, 3.63) is 42.2 Å². The van der Waals surface area contributed by atoms with Crippen LogP contribution in [-0.2, 0) is 6.18 Å². The predicted octanol–water partition coefficient (Wildman–Crippen LogP) is 3.33. The number of hydrogen-bond acceptors (Lipinski definition) is 2. The molecular formula is C12H15F3N2. The molecule has 1 atom stereocenters. The van der Waals surface area contributed by atoms with Gasteiger partial charge in [0, 0.05) is 6.20 Å². The minimum atomic E-state index is -4.34. The maximum atomic E-state index is 12.3. The van der Waals surface area contributed by atoms with Crippen LogP contribution in [0.3, 0.4) is 0 Å². The van der Waals surface area contributed by atoms with Gasteiger partial charge in [0.1, 0.15) is 0 Å². The van der Waals surface area contributed by atoms with Crippen LogP contribution in [0.4, 0.5) is 13.2 Å². The number of pyridine rings is 1. The molecule has 0 amide bonds. The van der Waals surface area contributed by atoms with Crippen molar-refractivity contribution >= 4 is 0 Å². The fourth-order valence-corrected chi connectivity index (χ4v) is 1.37. The standard InChI is InChI=1S/C12H15F3N2/c1-3-7-16-10(4-2)11-6-5-9(8-17-11)12(13,14)15/h4-6,8,10,16H,2-3,7H2,1H3. The van der Waals surface area contributed by atoms with Gasteiger partial charge >= 0.3 is 6.18 Å². The Balaban J connectivity index is 2.81. The highest BCUT2D eigenvalue weighted by molar-refractivity contribution is 5.21. The molecule has 0 saturated carbocycles. The Morgan fingerprint density at radius 1 is 1.47 bits per heavy atom. The van der Waals surface area contributed by atoms with E-state index in [4.69, 9.17) is 0 Å². The van der Waals surface area contributed by atoms with Crippen molar-refractivity contribution in [3.63, 3.8) is 0 Å². The molecule has 1 unspecified atom stereocenters. The van der Waals surface area contributed by atoms with Gasteiger partial charge in [0.05, 0.1) is 17.3 Å². The van der Waals surface area contributed by atoms with Crippen LogP contribution in [0.5, 0.6) is 0 Å². The molecule has 0 bridgehead atoms. The van der Waals surface area contributed by atoms with Gasteiger partial charge in [-0.15, -0.1) is 6.58 Å². The van der Waals surface area contributed by atoms with E-state index in [0.717, 1.165) is 25.2 Å². The van der Waals surface area contributed by atoms with Gasteiger partial charge in [-0.2, -0.15) is 13.2 Å². The second kappa shape index (κ2) is 5.82. The number of aromatic nitrogens is 1. The van der Waals surface area contributed by atoms with E-state index in [1.807, 2.05) is 6.92 Å². The van der Waals surface area contributed by atoms with E-state index in [9.17, 15) is 13.2 Å². The fraction of sp³-hybridized carbons (Fsp3) is 0.417. The Hall–Kier alpha value is -1.36. The Morgan fingerprint density at radius 3 is 2.59 bits per heavy atom. The molecule has 0 saturated heterocycles. The topological polar surface area (TPSA) is 24.9 Å². The summed E-state index contributed by atoms with van der Waals surface area (Å²) in [5.74, 6) is 0. The Kier molecular flexibility index (Phi) is 4.69. The van der Waals surface area contributed by atoms with Crippen molar-refractivity contribution in [2.45, 2.75) is 25.6 Å². The zero-order valence-electron chi connectivity index (χ0n) is 9.59. The van der Waals surface area contributed by atoms with Crippen molar-refractivity contribution in [1.82, 2.24) is 10.3 Å². The summed E-state index contributed by atoms with van der Waals surface area (Å²) >= 11 is 0. The Bertz CT molecular complexity index is 357. The summed E-state index contributed by atoms with van der Waals surface area (Å²) in [6, 6.07) is 2.20. The second-order valence-corrected chi connectivity index (χ2v) is 3.64. The predicted molar refractivity (Wildman–Crippen MR) is 60.5 cm³/mol. The first-order chi connectivity index (χ1) is 7.99. The average molecular weight is 244 g/mol. The summed E-state index contributed by atoms with van der Waals surface area (Å²) in [6.07, 6.45) is -0.929. The number of rotatable bonds is 5. The Morgan fingerprint density at radius 2 is 2.18 bits per heavy atom. The summed E-state index contributed by atoms with van der Waals surface area (Å²) in [6.45, 7) is 6.41. The average Bonchev–Trinajstić information content (AvgIpc) is 2.29. The number of alkyl halides is 3. The molecule has 0 aliphatic carbocycles. The maximum Gasteiger partial charge on any atom is 0.417 e. The Labute approximate surface area is 98.6 Å². The van der Waals surface area contributed by atoms with Gasteiger partial charge in [-0.05, 0) is 25.1 Å². The molecule has 1 aromatic rings. The van der Waals surface area contributed by atoms with Gasteiger partial charge in [-0.25, -0.2) is 0 Å². The van der Waals surface area contributed by atoms with Gasteiger partial charge in [0.2, 0.25) is 0 Å². The number of nitrogens with one attached hydrogen (secondary N) is 1. The van der Waals surface area contributed by atoms with Crippen molar-refractivity contribution < 1.29 is 13.2 Å². The lowest BCUT2D eigenvalue weighted by atomic mass is 10.1. The first-order valence-electron chi connectivity index (χ1n) is 5.38. The highest BCUT2D eigenvalue weighted by Crippen LogP contribution is 2.28. The van der Waals surface area contributed by atoms with Crippen molar-refractivity contribution in [3.8, 4) is 0 Å². The molecule has 0 spiro atoms. The largest absolute Gasteiger partial charge is 0.417 e. The lowest BCUT2D eigenvalue weighted by molar-refractivity contribution is -0.137. The number of halogens is 3. The molecule has 1 heterocycles. The molecule has 5 heteroatoms. The molecule has 0 aromatic carbocycles. The third-order valence-electron chi connectivity index (χ3n) is 2.28. The van der Waals surface area contributed by atoms with E-state index in [2.05, 4.69) is 16.9 Å². The molecule has 1 rings (SSSR count). The minimum absolute atomic E-state index is 0.211. The van der Waals surface area contributed by atoms with Gasteiger partial charge < -0.3 is 5.32 Å². The van der Waals surface area contributed by atoms with Crippen LogP contribution in [0.1, 0.15) is 30.6 Å². The quantitative estimate of drug-likeness (QED) is 0.804. The first kappa shape index (κ1) is 13.7. The van der Waals surface area contributed by atoms with E-state index in [0.29, 0.717) is 5.69 Å². The van der Waals surface area contributed by atoms with E-state index >= 15 is 0 Å². The van der Waals surface area contributed by atoms with E-state index in [1.54, 1.807) is 6.08 Å². The summed E-state index contributed by atoms with van der Waals surface area (Å²) in [4.78, 5) is 3.82. The summed E-state index contributed by atoms with van der Waals surface area (Å²) < 4.78 is 37.0. The van der Waals surface area contributed by atoms with Gasteiger partial charge in [0.25, 0.3) is 0 Å². The molecule has 17 heavy (non-hydrogen) atoms. The molecule has 1 N–H and O–H groups in total. The van der Waals surface area contributed by atoms with Crippen LogP contribution in [0, 0.1) is 0 Å². The SMILES string of the molecule is C=CC(NCCC)c1ccc(C(F)(F)F)cn1. The number of hydrogen-bond donors (Lipinski definition) is 1. The molecule has 0 aliphatic rings. The normalized spacial score (nSPS) is 13.4. The fourth-order valence-electron chi connectivity index (χ4n) is 1.37. The molecule has 0 radical (unpaired) electrons. The first-order valence-corrected chi connectivity index (χ1v) is 5.38. The molecule has 0 aliphatic heterocycles. The highest BCUT2D eigenvalue weighted by Gasteiger charge is 2.30. The molecule has 2 nitrogen and oxygen atoms in total. The lowest BCUT2D eigenvalue weighted by Crippen LogP contribution is -2.21. The molecule has 94 valence electrons. The summed E-state index contributed by atoms with van der Waals surface area (Å²) in [5.41, 5.74) is -0.194. The van der Waals surface area contributed by atoms with E-state index in [1.165, 1.54) is 6.07 Å². The maximum absolute atomic E-state index is 12.3. The monoisotopic (exact) mass is 244 g/mol. The molecular weight excluding hydrogens is 229 g/mol. The summed E-state index contributed by atoms with van der Waals surface area (Å²) in [7, 11) is 0. The van der Waals surface area contributed by atoms with E-state index in [-0.39, 0.29) is 6.04 Å². The minimum Gasteiger partial charge on any atom is -0.305 e. The third-order valence-corrected chi connectivity index (χ3v) is 2.28. The highest BCUT2D eigenvalue weighted by atomic mass is 19.4. The van der Waals surface area contributed by atoms with Crippen LogP contribution in [0.2, 0.25) is 0 Å². The van der Waals surface area contributed by atoms with Crippen LogP contribution in [0.15, 0.2) is 31.0 Å². The van der Waals surface area contributed by atoms with Crippen LogP contribution >= 0.6 is 0 Å². The van der Waals surface area contributed by atoms with Gasteiger partial charge in [-0.1, -0.05) is 13.0 Å². The van der Waals surface area contributed by atoms with Crippen molar-refractivity contribution in [2.75, 3.05) is 6.54 Å². The van der Waals surface area contributed by atoms with Crippen LogP contribution in [0.25, 0.3) is 0 Å². The van der Waals surface area contributed by atoms with Crippen molar-refractivity contribution in [2.24, 2.45) is 0 Å². The number of nitrogens with zero attached hydrogens (tertiary/aromatic N) is 1. The molecule has 1 aromatic heterocycles. The molecule has 0 fully saturated rings. The van der Waals surface area contributed by atoms with Crippen LogP contribution in [-0.4, -0.2) is 11.5 Å². The van der Waals surface area contributed by atoms with Gasteiger partial charge in [0.15, 0.2) is 0 Å².